The number of ether oxygens (including phenoxy) is 1. The minimum absolute atomic E-state index is 0.385. The van der Waals surface area contributed by atoms with Crippen molar-refractivity contribution in [3.8, 4) is 0 Å². The van der Waals surface area contributed by atoms with Crippen LogP contribution in [0.5, 0.6) is 0 Å². The monoisotopic (exact) mass is 304 g/mol. The number of hydrogen-bond donors (Lipinski definition) is 3. The van der Waals surface area contributed by atoms with Crippen LogP contribution in [0.1, 0.15) is 33.3 Å². The smallest absolute Gasteiger partial charge is 0.407 e. The molecule has 0 radical (unpaired) electrons. The average Bonchev–Trinajstić information content (AvgIpc) is 2.91. The number of aromatic nitrogens is 2. The minimum atomic E-state index is -0.521. The molecule has 6 heteroatoms. The quantitative estimate of drug-likeness (QED) is 0.808. The number of carbonyl (C=O) groups is 1. The van der Waals surface area contributed by atoms with E-state index < -0.39 is 17.1 Å². The normalized spacial score (nSPS) is 14.6. The number of amides is 1. The van der Waals surface area contributed by atoms with Gasteiger partial charge in [0.2, 0.25) is 0 Å². The van der Waals surface area contributed by atoms with E-state index in [0.717, 1.165) is 16.5 Å². The van der Waals surface area contributed by atoms with E-state index in [1.54, 1.807) is 6.20 Å². The predicted octanol–water partition coefficient (Wildman–Crippen LogP) is 2.30. The number of nitrogens with two attached hydrogens (primary N) is 1. The number of H-pyrrole nitrogens is 1. The zero-order valence-electron chi connectivity index (χ0n) is 13.6. The third-order valence-electron chi connectivity index (χ3n) is 3.60. The number of hydrogen-bond acceptors (Lipinski definition) is 4. The molecule has 0 saturated heterocycles. The van der Waals surface area contributed by atoms with E-state index in [4.69, 9.17) is 10.5 Å². The molecule has 1 atom stereocenters. The molecule has 1 amide bonds. The molecule has 120 valence electrons. The molecule has 1 aromatic heterocycles. The molecular weight excluding hydrogens is 280 g/mol. The van der Waals surface area contributed by atoms with Crippen molar-refractivity contribution in [2.24, 2.45) is 5.73 Å². The van der Waals surface area contributed by atoms with Gasteiger partial charge in [-0.1, -0.05) is 25.1 Å². The first kappa shape index (κ1) is 16.3. The first-order valence-corrected chi connectivity index (χ1v) is 7.35. The number of para-hydroxylation sites is 1. The summed E-state index contributed by atoms with van der Waals surface area (Å²) < 4.78 is 5.27. The lowest BCUT2D eigenvalue weighted by molar-refractivity contribution is 0.0516. The van der Waals surface area contributed by atoms with Crippen molar-refractivity contribution >= 4 is 17.0 Å². The Morgan fingerprint density at radius 1 is 1.36 bits per heavy atom. The number of rotatable bonds is 4. The fourth-order valence-corrected chi connectivity index (χ4v) is 2.33. The molecule has 0 aliphatic heterocycles. The number of alkyl carbamates (subject to hydrolysis) is 1. The van der Waals surface area contributed by atoms with E-state index in [9.17, 15) is 4.79 Å². The van der Waals surface area contributed by atoms with Crippen LogP contribution in [0, 0.1) is 0 Å². The summed E-state index contributed by atoms with van der Waals surface area (Å²) in [6.45, 7) is 8.29. The van der Waals surface area contributed by atoms with Crippen LogP contribution in [-0.2, 0) is 10.2 Å². The summed E-state index contributed by atoms with van der Waals surface area (Å²) in [5.41, 5.74) is 7.03. The maximum atomic E-state index is 11.9. The molecule has 2 rings (SSSR count). The predicted molar refractivity (Wildman–Crippen MR) is 86.7 cm³/mol. The second-order valence-electron chi connectivity index (χ2n) is 6.76. The number of carbonyl (C=O) groups excluding carboxylic acids is 1. The summed E-state index contributed by atoms with van der Waals surface area (Å²) in [4.78, 5) is 11.9. The van der Waals surface area contributed by atoms with E-state index in [-0.39, 0.29) is 0 Å². The Hall–Kier alpha value is -2.08. The van der Waals surface area contributed by atoms with Crippen molar-refractivity contribution in [3.05, 3.63) is 30.0 Å². The molecule has 6 nitrogen and oxygen atoms in total. The number of nitrogens with one attached hydrogen (secondary N) is 2. The average molecular weight is 304 g/mol. The van der Waals surface area contributed by atoms with Crippen LogP contribution in [0.25, 0.3) is 10.9 Å². The molecule has 0 bridgehead atoms. The molecule has 1 heterocycles. The molecular formula is C16H24N4O2. The third kappa shape index (κ3) is 3.57. The highest BCUT2D eigenvalue weighted by Crippen LogP contribution is 2.28. The summed E-state index contributed by atoms with van der Waals surface area (Å²) in [5, 5.41) is 10.9. The summed E-state index contributed by atoms with van der Waals surface area (Å²) in [6, 6.07) is 5.96. The Kier molecular flexibility index (Phi) is 4.42. The van der Waals surface area contributed by atoms with Gasteiger partial charge in [-0.25, -0.2) is 4.79 Å². The minimum Gasteiger partial charge on any atom is -0.444 e. The van der Waals surface area contributed by atoms with Gasteiger partial charge in [0.15, 0.2) is 0 Å². The van der Waals surface area contributed by atoms with Crippen LogP contribution >= 0.6 is 0 Å². The Morgan fingerprint density at radius 2 is 2.09 bits per heavy atom. The van der Waals surface area contributed by atoms with Gasteiger partial charge in [-0.05, 0) is 26.3 Å². The Morgan fingerprint density at radius 3 is 2.73 bits per heavy atom. The topological polar surface area (TPSA) is 93.0 Å². The lowest BCUT2D eigenvalue weighted by Gasteiger charge is -2.30. The van der Waals surface area contributed by atoms with Crippen molar-refractivity contribution in [3.63, 3.8) is 0 Å². The number of aromatic amines is 1. The largest absolute Gasteiger partial charge is 0.444 e. The molecule has 0 spiro atoms. The van der Waals surface area contributed by atoms with Crippen molar-refractivity contribution in [2.75, 3.05) is 13.1 Å². The Balaban J connectivity index is 2.19. The Bertz CT molecular complexity index is 659. The Labute approximate surface area is 130 Å². The standard InChI is InChI=1S/C16H24N4O2/c1-15(2,3)22-14(21)18-10-16(4,9-17)12-7-5-6-11-8-19-20-13(11)12/h5-8H,9-10,17H2,1-4H3,(H,18,21)(H,19,20). The molecule has 0 aliphatic rings. The third-order valence-corrected chi connectivity index (χ3v) is 3.60. The summed E-state index contributed by atoms with van der Waals surface area (Å²) in [6.07, 6.45) is 1.33. The molecule has 0 fully saturated rings. The van der Waals surface area contributed by atoms with E-state index in [1.165, 1.54) is 0 Å². The molecule has 0 saturated carbocycles. The summed E-state index contributed by atoms with van der Waals surface area (Å²) in [5.74, 6) is 0. The maximum absolute atomic E-state index is 11.9. The second kappa shape index (κ2) is 5.96. The first-order valence-electron chi connectivity index (χ1n) is 7.35. The first-order chi connectivity index (χ1) is 10.2. The van der Waals surface area contributed by atoms with Gasteiger partial charge in [0.25, 0.3) is 0 Å². The highest BCUT2D eigenvalue weighted by Gasteiger charge is 2.29. The lowest BCUT2D eigenvalue weighted by Crippen LogP contribution is -2.45. The zero-order valence-corrected chi connectivity index (χ0v) is 13.6. The lowest BCUT2D eigenvalue weighted by atomic mass is 9.81. The fourth-order valence-electron chi connectivity index (χ4n) is 2.33. The van der Waals surface area contributed by atoms with Gasteiger partial charge < -0.3 is 15.8 Å². The highest BCUT2D eigenvalue weighted by molar-refractivity contribution is 5.82. The van der Waals surface area contributed by atoms with Crippen LogP contribution in [0.15, 0.2) is 24.4 Å². The van der Waals surface area contributed by atoms with Crippen molar-refractivity contribution in [1.29, 1.82) is 0 Å². The van der Waals surface area contributed by atoms with Gasteiger partial charge >= 0.3 is 6.09 Å². The van der Waals surface area contributed by atoms with Gasteiger partial charge in [0.1, 0.15) is 5.60 Å². The van der Waals surface area contributed by atoms with Crippen LogP contribution in [0.2, 0.25) is 0 Å². The summed E-state index contributed by atoms with van der Waals surface area (Å²) >= 11 is 0. The SMILES string of the molecule is CC(C)(C)OC(=O)NCC(C)(CN)c1cccc2cn[nH]c12. The van der Waals surface area contributed by atoms with Crippen molar-refractivity contribution in [2.45, 2.75) is 38.7 Å². The van der Waals surface area contributed by atoms with Gasteiger partial charge in [0, 0.05) is 23.9 Å². The molecule has 1 aromatic carbocycles. The van der Waals surface area contributed by atoms with Crippen LogP contribution in [0.3, 0.4) is 0 Å². The van der Waals surface area contributed by atoms with E-state index in [1.807, 2.05) is 45.9 Å². The zero-order chi connectivity index (χ0) is 16.4. The summed E-state index contributed by atoms with van der Waals surface area (Å²) in [7, 11) is 0. The molecule has 1 unspecified atom stereocenters. The molecule has 22 heavy (non-hydrogen) atoms. The number of nitrogens with zero attached hydrogens (tertiary/aromatic N) is 1. The number of benzene rings is 1. The molecule has 0 aliphatic carbocycles. The van der Waals surface area contributed by atoms with Gasteiger partial charge in [-0.15, -0.1) is 0 Å². The van der Waals surface area contributed by atoms with Crippen LogP contribution < -0.4 is 11.1 Å². The molecule has 4 N–H and O–H groups in total. The second-order valence-corrected chi connectivity index (χ2v) is 6.76. The van der Waals surface area contributed by atoms with Gasteiger partial charge in [-0.2, -0.15) is 5.10 Å². The van der Waals surface area contributed by atoms with Crippen LogP contribution in [0.4, 0.5) is 4.79 Å². The van der Waals surface area contributed by atoms with E-state index in [2.05, 4.69) is 15.5 Å². The van der Waals surface area contributed by atoms with Gasteiger partial charge in [0.05, 0.1) is 11.7 Å². The highest BCUT2D eigenvalue weighted by atomic mass is 16.6. The van der Waals surface area contributed by atoms with E-state index >= 15 is 0 Å². The van der Waals surface area contributed by atoms with Gasteiger partial charge in [-0.3, -0.25) is 5.10 Å². The maximum Gasteiger partial charge on any atom is 0.407 e. The van der Waals surface area contributed by atoms with E-state index in [0.29, 0.717) is 13.1 Å². The number of fused-ring (bicyclic) bond motifs is 1. The van der Waals surface area contributed by atoms with Crippen molar-refractivity contribution in [1.82, 2.24) is 15.5 Å². The fraction of sp³-hybridized carbons (Fsp3) is 0.500. The van der Waals surface area contributed by atoms with Crippen molar-refractivity contribution < 1.29 is 9.53 Å². The molecule has 2 aromatic rings. The van der Waals surface area contributed by atoms with Crippen LogP contribution in [-0.4, -0.2) is 35.0 Å².